The van der Waals surface area contributed by atoms with Gasteiger partial charge in [0.25, 0.3) is 0 Å². The van der Waals surface area contributed by atoms with Crippen LogP contribution in [0.1, 0.15) is 11.4 Å². The van der Waals surface area contributed by atoms with Crippen LogP contribution in [0, 0.1) is 0 Å². The summed E-state index contributed by atoms with van der Waals surface area (Å²) in [5.74, 6) is 0.319. The first-order valence-electron chi connectivity index (χ1n) is 8.73. The van der Waals surface area contributed by atoms with Gasteiger partial charge in [0.2, 0.25) is 0 Å². The smallest absolute Gasteiger partial charge is 0.356 e. The molecular formula is C16H16F6N8. The SMILES string of the molecule is FC(F)(F)c1cc(N2C=CN(CCN3C=CN(c4cc(C(F)(F)F)[nH]n4)C3)C2)n[nH]1. The molecule has 2 aromatic heterocycles. The van der Waals surface area contributed by atoms with Gasteiger partial charge in [0.1, 0.15) is 11.4 Å². The summed E-state index contributed by atoms with van der Waals surface area (Å²) < 4.78 is 76.1. The Hall–Kier alpha value is -3.32. The van der Waals surface area contributed by atoms with Crippen molar-refractivity contribution in [3.63, 3.8) is 0 Å². The van der Waals surface area contributed by atoms with Crippen molar-refractivity contribution in [3.05, 3.63) is 48.3 Å². The number of aromatic nitrogens is 4. The van der Waals surface area contributed by atoms with E-state index in [2.05, 4.69) is 10.2 Å². The van der Waals surface area contributed by atoms with Gasteiger partial charge in [0.15, 0.2) is 11.6 Å². The molecule has 0 amide bonds. The zero-order chi connectivity index (χ0) is 21.5. The van der Waals surface area contributed by atoms with Crippen LogP contribution < -0.4 is 9.80 Å². The zero-order valence-electron chi connectivity index (χ0n) is 15.2. The molecule has 4 heterocycles. The second-order valence-corrected chi connectivity index (χ2v) is 6.72. The van der Waals surface area contributed by atoms with Gasteiger partial charge in [-0.15, -0.1) is 0 Å². The van der Waals surface area contributed by atoms with Crippen LogP contribution in [0.5, 0.6) is 0 Å². The molecule has 0 bridgehead atoms. The molecule has 2 aliphatic rings. The molecule has 0 unspecified atom stereocenters. The summed E-state index contributed by atoms with van der Waals surface area (Å²) >= 11 is 0. The minimum absolute atomic E-state index is 0.160. The van der Waals surface area contributed by atoms with Crippen molar-refractivity contribution in [2.45, 2.75) is 12.4 Å². The molecule has 0 fully saturated rings. The molecule has 0 saturated carbocycles. The highest BCUT2D eigenvalue weighted by molar-refractivity contribution is 5.45. The normalized spacial score (nSPS) is 17.1. The predicted molar refractivity (Wildman–Crippen MR) is 93.6 cm³/mol. The van der Waals surface area contributed by atoms with E-state index in [-0.39, 0.29) is 11.6 Å². The molecule has 0 saturated heterocycles. The van der Waals surface area contributed by atoms with E-state index in [0.717, 1.165) is 12.1 Å². The molecule has 0 aromatic carbocycles. The van der Waals surface area contributed by atoms with Crippen LogP contribution in [-0.4, -0.2) is 56.6 Å². The summed E-state index contributed by atoms with van der Waals surface area (Å²) in [6.07, 6.45) is -2.24. The lowest BCUT2D eigenvalue weighted by Gasteiger charge is -2.24. The molecule has 2 aliphatic heterocycles. The Bertz CT molecular complexity index is 866. The molecule has 162 valence electrons. The summed E-state index contributed by atoms with van der Waals surface area (Å²) in [6, 6.07) is 1.88. The van der Waals surface area contributed by atoms with Crippen molar-refractivity contribution in [2.24, 2.45) is 0 Å². The maximum absolute atomic E-state index is 12.7. The standard InChI is InChI=1S/C16H16F6N8/c17-15(18,19)11-7-13(25-23-11)29-5-3-27(9-29)1-2-28-4-6-30(10-28)14-8-12(24-26-14)16(20,21)22/h3-8H,1-2,9-10H2,(H,23,25)(H,24,26). The molecule has 2 aromatic rings. The topological polar surface area (TPSA) is 70.3 Å². The summed E-state index contributed by atoms with van der Waals surface area (Å²) in [5, 5.41) is 11.3. The summed E-state index contributed by atoms with van der Waals surface area (Å²) in [4.78, 5) is 6.91. The van der Waals surface area contributed by atoms with Crippen molar-refractivity contribution < 1.29 is 26.3 Å². The number of rotatable bonds is 5. The van der Waals surface area contributed by atoms with Crippen LogP contribution in [0.25, 0.3) is 0 Å². The van der Waals surface area contributed by atoms with Gasteiger partial charge in [-0.1, -0.05) is 0 Å². The number of H-pyrrole nitrogens is 2. The molecule has 0 aliphatic carbocycles. The Balaban J connectivity index is 1.26. The van der Waals surface area contributed by atoms with E-state index < -0.39 is 23.7 Å². The van der Waals surface area contributed by atoms with E-state index in [1.54, 1.807) is 34.6 Å². The van der Waals surface area contributed by atoms with Crippen molar-refractivity contribution in [1.82, 2.24) is 30.2 Å². The van der Waals surface area contributed by atoms with Crippen molar-refractivity contribution in [3.8, 4) is 0 Å². The van der Waals surface area contributed by atoms with Gasteiger partial charge in [-0.25, -0.2) is 0 Å². The first-order valence-corrected chi connectivity index (χ1v) is 8.73. The average molecular weight is 434 g/mol. The van der Waals surface area contributed by atoms with Crippen molar-refractivity contribution in [1.29, 1.82) is 0 Å². The highest BCUT2D eigenvalue weighted by Crippen LogP contribution is 2.31. The van der Waals surface area contributed by atoms with Crippen LogP contribution in [0.15, 0.2) is 36.9 Å². The monoisotopic (exact) mass is 434 g/mol. The molecule has 2 N–H and O–H groups in total. The van der Waals surface area contributed by atoms with Gasteiger partial charge >= 0.3 is 12.4 Å². The lowest BCUT2D eigenvalue weighted by atomic mass is 10.4. The van der Waals surface area contributed by atoms with E-state index in [1.165, 1.54) is 0 Å². The third-order valence-electron chi connectivity index (χ3n) is 4.59. The summed E-state index contributed by atoms with van der Waals surface area (Å²) in [6.45, 7) is 1.77. The lowest BCUT2D eigenvalue weighted by Crippen LogP contribution is -2.34. The third kappa shape index (κ3) is 4.16. The minimum Gasteiger partial charge on any atom is -0.356 e. The molecule has 4 rings (SSSR count). The number of aromatic amines is 2. The van der Waals surface area contributed by atoms with Crippen LogP contribution in [0.3, 0.4) is 0 Å². The molecule has 0 atom stereocenters. The fourth-order valence-corrected chi connectivity index (χ4v) is 2.98. The minimum atomic E-state index is -4.49. The van der Waals surface area contributed by atoms with Gasteiger partial charge in [0, 0.05) is 50.0 Å². The van der Waals surface area contributed by atoms with Crippen LogP contribution in [0.4, 0.5) is 38.0 Å². The Kier molecular flexibility index (Phi) is 4.78. The molecular weight excluding hydrogens is 418 g/mol. The Morgan fingerprint density at radius 3 is 1.43 bits per heavy atom. The van der Waals surface area contributed by atoms with Crippen molar-refractivity contribution >= 4 is 11.6 Å². The van der Waals surface area contributed by atoms with E-state index in [4.69, 9.17) is 0 Å². The van der Waals surface area contributed by atoms with Gasteiger partial charge in [-0.3, -0.25) is 10.2 Å². The van der Waals surface area contributed by atoms with Crippen LogP contribution in [0.2, 0.25) is 0 Å². The average Bonchev–Trinajstić information content (AvgIpc) is 3.45. The van der Waals surface area contributed by atoms with Gasteiger partial charge in [0.05, 0.1) is 13.3 Å². The number of anilines is 2. The number of nitrogens with one attached hydrogen (secondary N) is 2. The van der Waals surface area contributed by atoms with Crippen molar-refractivity contribution in [2.75, 3.05) is 36.2 Å². The van der Waals surface area contributed by atoms with Gasteiger partial charge in [-0.2, -0.15) is 36.5 Å². The van der Waals surface area contributed by atoms with E-state index in [9.17, 15) is 26.3 Å². The molecule has 0 radical (unpaired) electrons. The predicted octanol–water partition coefficient (Wildman–Crippen LogP) is 2.97. The third-order valence-corrected chi connectivity index (χ3v) is 4.59. The lowest BCUT2D eigenvalue weighted by molar-refractivity contribution is -0.142. The van der Waals surface area contributed by atoms with Gasteiger partial charge in [-0.05, 0) is 0 Å². The van der Waals surface area contributed by atoms with Gasteiger partial charge < -0.3 is 19.6 Å². The first kappa shape index (κ1) is 20.0. The highest BCUT2D eigenvalue weighted by Gasteiger charge is 2.35. The second kappa shape index (κ2) is 7.18. The molecule has 8 nitrogen and oxygen atoms in total. The number of hydrogen-bond donors (Lipinski definition) is 2. The number of halogens is 6. The number of nitrogens with zero attached hydrogens (tertiary/aromatic N) is 6. The number of hydrogen-bond acceptors (Lipinski definition) is 6. The maximum atomic E-state index is 12.7. The molecule has 0 spiro atoms. The summed E-state index contributed by atoms with van der Waals surface area (Å²) in [7, 11) is 0. The zero-order valence-corrected chi connectivity index (χ0v) is 15.2. The Morgan fingerprint density at radius 1 is 0.700 bits per heavy atom. The fourth-order valence-electron chi connectivity index (χ4n) is 2.98. The van der Waals surface area contributed by atoms with E-state index in [1.807, 2.05) is 20.0 Å². The van der Waals surface area contributed by atoms with E-state index >= 15 is 0 Å². The molecule has 14 heteroatoms. The largest absolute Gasteiger partial charge is 0.432 e. The van der Waals surface area contributed by atoms with Crippen LogP contribution in [-0.2, 0) is 12.4 Å². The number of alkyl halides is 6. The molecule has 30 heavy (non-hydrogen) atoms. The Labute approximate surface area is 166 Å². The first-order chi connectivity index (χ1) is 14.1. The second-order valence-electron chi connectivity index (χ2n) is 6.72. The Morgan fingerprint density at radius 2 is 1.10 bits per heavy atom. The van der Waals surface area contributed by atoms with Crippen LogP contribution >= 0.6 is 0 Å². The maximum Gasteiger partial charge on any atom is 0.432 e. The highest BCUT2D eigenvalue weighted by atomic mass is 19.4. The quantitative estimate of drug-likeness (QED) is 0.706. The fraction of sp³-hybridized carbons (Fsp3) is 0.375. The summed E-state index contributed by atoms with van der Waals surface area (Å²) in [5.41, 5.74) is -1.84. The van der Waals surface area contributed by atoms with E-state index in [0.29, 0.717) is 26.4 Å².